The molecule has 1 aromatic heterocycles. The van der Waals surface area contributed by atoms with Gasteiger partial charge in [0.25, 0.3) is 0 Å². The number of aromatic nitrogens is 1. The molecule has 144 valence electrons. The van der Waals surface area contributed by atoms with Crippen molar-refractivity contribution < 1.29 is 0 Å². The SMILES string of the molecule is Cc1ccc(-c2cc3ccccc3n2/C(=C/c2ccccc2)c2ccccc2)cc1. The van der Waals surface area contributed by atoms with Gasteiger partial charge in [0, 0.05) is 5.39 Å². The Hall–Kier alpha value is -3.84. The van der Waals surface area contributed by atoms with Gasteiger partial charge in [0.05, 0.1) is 16.9 Å². The van der Waals surface area contributed by atoms with Crippen LogP contribution in [0, 0.1) is 6.92 Å². The zero-order valence-electron chi connectivity index (χ0n) is 17.0. The van der Waals surface area contributed by atoms with Crippen LogP contribution in [0.5, 0.6) is 0 Å². The third-order valence-electron chi connectivity index (χ3n) is 5.47. The molecule has 1 nitrogen and oxygen atoms in total. The summed E-state index contributed by atoms with van der Waals surface area (Å²) in [6.07, 6.45) is 2.28. The summed E-state index contributed by atoms with van der Waals surface area (Å²) in [6.45, 7) is 2.13. The van der Waals surface area contributed by atoms with Crippen LogP contribution in [0.2, 0.25) is 0 Å². The van der Waals surface area contributed by atoms with Crippen LogP contribution in [0.1, 0.15) is 16.7 Å². The molecule has 0 fully saturated rings. The van der Waals surface area contributed by atoms with E-state index in [0.717, 1.165) is 0 Å². The summed E-state index contributed by atoms with van der Waals surface area (Å²) in [5, 5.41) is 1.24. The number of hydrogen-bond donors (Lipinski definition) is 0. The van der Waals surface area contributed by atoms with Crippen molar-refractivity contribution in [3.63, 3.8) is 0 Å². The van der Waals surface area contributed by atoms with E-state index in [1.54, 1.807) is 0 Å². The topological polar surface area (TPSA) is 4.93 Å². The second-order valence-electron chi connectivity index (χ2n) is 7.60. The second-order valence-corrected chi connectivity index (χ2v) is 7.60. The van der Waals surface area contributed by atoms with Crippen molar-refractivity contribution in [2.24, 2.45) is 0 Å². The van der Waals surface area contributed by atoms with E-state index in [0.29, 0.717) is 0 Å². The van der Waals surface area contributed by atoms with Crippen molar-refractivity contribution >= 4 is 22.7 Å². The van der Waals surface area contributed by atoms with Gasteiger partial charge in [-0.05, 0) is 41.8 Å². The van der Waals surface area contributed by atoms with Crippen LogP contribution in [-0.4, -0.2) is 4.57 Å². The summed E-state index contributed by atoms with van der Waals surface area (Å²) < 4.78 is 2.39. The summed E-state index contributed by atoms with van der Waals surface area (Å²) in [5.41, 5.74) is 8.43. The molecule has 0 bridgehead atoms. The molecule has 30 heavy (non-hydrogen) atoms. The number of nitrogens with zero attached hydrogens (tertiary/aromatic N) is 1. The molecule has 1 heterocycles. The number of fused-ring (bicyclic) bond motifs is 1. The van der Waals surface area contributed by atoms with Crippen molar-refractivity contribution in [2.45, 2.75) is 6.92 Å². The van der Waals surface area contributed by atoms with Gasteiger partial charge in [0.15, 0.2) is 0 Å². The van der Waals surface area contributed by atoms with Crippen molar-refractivity contribution in [3.8, 4) is 11.3 Å². The molecule has 0 radical (unpaired) electrons. The number of para-hydroxylation sites is 1. The Kier molecular flexibility index (Phi) is 4.78. The van der Waals surface area contributed by atoms with Crippen LogP contribution in [-0.2, 0) is 0 Å². The lowest BCUT2D eigenvalue weighted by Crippen LogP contribution is -2.01. The molecule has 5 rings (SSSR count). The molecule has 0 saturated heterocycles. The Morgan fingerprint density at radius 1 is 0.667 bits per heavy atom. The molecule has 0 spiro atoms. The summed E-state index contributed by atoms with van der Waals surface area (Å²) in [4.78, 5) is 0. The van der Waals surface area contributed by atoms with Crippen LogP contribution < -0.4 is 0 Å². The normalized spacial score (nSPS) is 11.7. The number of hydrogen-bond acceptors (Lipinski definition) is 0. The first kappa shape index (κ1) is 18.2. The quantitative estimate of drug-likeness (QED) is 0.280. The lowest BCUT2D eigenvalue weighted by molar-refractivity contribution is 1.17. The Labute approximate surface area is 177 Å². The van der Waals surface area contributed by atoms with E-state index in [1.807, 2.05) is 0 Å². The highest BCUT2D eigenvalue weighted by molar-refractivity contribution is 5.96. The fraction of sp³-hybridized carbons (Fsp3) is 0.0345. The fourth-order valence-corrected chi connectivity index (χ4v) is 3.94. The van der Waals surface area contributed by atoms with E-state index in [2.05, 4.69) is 133 Å². The van der Waals surface area contributed by atoms with Crippen LogP contribution in [0.15, 0.2) is 115 Å². The molecule has 0 amide bonds. The van der Waals surface area contributed by atoms with E-state index in [1.165, 1.54) is 44.5 Å². The molecule has 5 aromatic rings. The van der Waals surface area contributed by atoms with Gasteiger partial charge in [0.1, 0.15) is 0 Å². The van der Waals surface area contributed by atoms with E-state index in [4.69, 9.17) is 0 Å². The van der Waals surface area contributed by atoms with Crippen molar-refractivity contribution in [1.82, 2.24) is 4.57 Å². The highest BCUT2D eigenvalue weighted by Crippen LogP contribution is 2.34. The zero-order chi connectivity index (χ0) is 20.3. The predicted octanol–water partition coefficient (Wildman–Crippen LogP) is 7.66. The van der Waals surface area contributed by atoms with Gasteiger partial charge in [-0.1, -0.05) is 109 Å². The fourth-order valence-electron chi connectivity index (χ4n) is 3.94. The van der Waals surface area contributed by atoms with Gasteiger partial charge < -0.3 is 4.57 Å². The van der Waals surface area contributed by atoms with Gasteiger partial charge in [-0.2, -0.15) is 0 Å². The van der Waals surface area contributed by atoms with Crippen molar-refractivity contribution in [3.05, 3.63) is 132 Å². The summed E-state index contributed by atoms with van der Waals surface area (Å²) in [5.74, 6) is 0. The van der Waals surface area contributed by atoms with Crippen LogP contribution in [0.25, 0.3) is 33.9 Å². The first-order valence-electron chi connectivity index (χ1n) is 10.3. The maximum atomic E-state index is 2.39. The first-order valence-corrected chi connectivity index (χ1v) is 10.3. The molecule has 0 atom stereocenters. The molecular weight excluding hydrogens is 362 g/mol. The number of aryl methyl sites for hydroxylation is 1. The molecule has 1 heteroatoms. The van der Waals surface area contributed by atoms with Crippen molar-refractivity contribution in [1.29, 1.82) is 0 Å². The minimum Gasteiger partial charge on any atom is -0.309 e. The third kappa shape index (κ3) is 3.46. The maximum Gasteiger partial charge on any atom is 0.0541 e. The predicted molar refractivity (Wildman–Crippen MR) is 128 cm³/mol. The van der Waals surface area contributed by atoms with Gasteiger partial charge in [-0.15, -0.1) is 0 Å². The summed E-state index contributed by atoms with van der Waals surface area (Å²) in [7, 11) is 0. The summed E-state index contributed by atoms with van der Waals surface area (Å²) >= 11 is 0. The number of benzene rings is 4. The van der Waals surface area contributed by atoms with E-state index in [9.17, 15) is 0 Å². The van der Waals surface area contributed by atoms with E-state index in [-0.39, 0.29) is 0 Å². The molecule has 0 aliphatic rings. The maximum absolute atomic E-state index is 2.39. The van der Waals surface area contributed by atoms with E-state index >= 15 is 0 Å². The molecule has 4 aromatic carbocycles. The third-order valence-corrected chi connectivity index (χ3v) is 5.47. The molecule has 0 N–H and O–H groups in total. The molecular formula is C29H23N. The van der Waals surface area contributed by atoms with E-state index < -0.39 is 0 Å². The largest absolute Gasteiger partial charge is 0.309 e. The summed E-state index contributed by atoms with van der Waals surface area (Å²) in [6, 6.07) is 40.9. The molecule has 0 saturated carbocycles. The minimum absolute atomic E-state index is 1.17. The smallest absolute Gasteiger partial charge is 0.0541 e. The van der Waals surface area contributed by atoms with Crippen LogP contribution in [0.4, 0.5) is 0 Å². The Balaban J connectivity index is 1.83. The molecule has 0 unspecified atom stereocenters. The average molecular weight is 386 g/mol. The second kappa shape index (κ2) is 7.88. The average Bonchev–Trinajstić information content (AvgIpc) is 3.18. The highest BCUT2D eigenvalue weighted by atomic mass is 15.0. The lowest BCUT2D eigenvalue weighted by atomic mass is 10.1. The standard InChI is InChI=1S/C29H23N/c1-22-16-18-25(19-17-22)29-21-26-14-8-9-15-27(26)30(29)28(24-12-6-3-7-13-24)20-23-10-4-2-5-11-23/h2-21H,1H3/b28-20+. The monoisotopic (exact) mass is 385 g/mol. The Morgan fingerprint density at radius 2 is 1.30 bits per heavy atom. The first-order chi connectivity index (χ1) is 14.8. The number of rotatable bonds is 4. The van der Waals surface area contributed by atoms with Gasteiger partial charge in [-0.3, -0.25) is 0 Å². The zero-order valence-corrected chi connectivity index (χ0v) is 17.0. The Morgan fingerprint density at radius 3 is 2.03 bits per heavy atom. The molecule has 0 aliphatic heterocycles. The molecule has 0 aliphatic carbocycles. The lowest BCUT2D eigenvalue weighted by Gasteiger charge is -2.16. The minimum atomic E-state index is 1.17. The Bertz CT molecular complexity index is 1310. The van der Waals surface area contributed by atoms with Gasteiger partial charge >= 0.3 is 0 Å². The van der Waals surface area contributed by atoms with Gasteiger partial charge in [0.2, 0.25) is 0 Å². The van der Waals surface area contributed by atoms with Crippen molar-refractivity contribution in [2.75, 3.05) is 0 Å². The van der Waals surface area contributed by atoms with Gasteiger partial charge in [-0.25, -0.2) is 0 Å². The highest BCUT2D eigenvalue weighted by Gasteiger charge is 2.15. The van der Waals surface area contributed by atoms with Crippen LogP contribution >= 0.6 is 0 Å². The van der Waals surface area contributed by atoms with Crippen LogP contribution in [0.3, 0.4) is 0 Å².